The van der Waals surface area contributed by atoms with Crippen molar-refractivity contribution < 1.29 is 19.1 Å². The maximum Gasteiger partial charge on any atom is 0.308 e. The van der Waals surface area contributed by atoms with Gasteiger partial charge < -0.3 is 10.1 Å². The number of para-hydroxylation sites is 1. The van der Waals surface area contributed by atoms with Crippen LogP contribution >= 0.6 is 23.1 Å². The lowest BCUT2D eigenvalue weighted by molar-refractivity contribution is -0.123. The van der Waals surface area contributed by atoms with Gasteiger partial charge in [0.2, 0.25) is 17.7 Å². The molecule has 5 aromatic rings. The summed E-state index contributed by atoms with van der Waals surface area (Å²) in [5, 5.41) is 5.90. The third-order valence-electron chi connectivity index (χ3n) is 10.8. The van der Waals surface area contributed by atoms with Crippen molar-refractivity contribution in [2.24, 2.45) is 29.6 Å². The van der Waals surface area contributed by atoms with E-state index in [-0.39, 0.29) is 69.9 Å². The lowest BCUT2D eigenvalue weighted by Crippen LogP contribution is -2.43. The van der Waals surface area contributed by atoms with Gasteiger partial charge in [-0.2, -0.15) is 0 Å². The fraction of sp³-hybridized carbons (Fsp3) is 0.263. The number of aromatic nitrogens is 1. The van der Waals surface area contributed by atoms with Crippen LogP contribution in [0.5, 0.6) is 5.75 Å². The van der Waals surface area contributed by atoms with E-state index in [9.17, 15) is 19.2 Å². The van der Waals surface area contributed by atoms with Crippen LogP contribution < -0.4 is 19.8 Å². The number of hydrogen-bond donors (Lipinski definition) is 1. The van der Waals surface area contributed by atoms with Gasteiger partial charge in [-0.1, -0.05) is 72.0 Å². The summed E-state index contributed by atoms with van der Waals surface area (Å²) in [5.41, 5.74) is 2.34. The van der Waals surface area contributed by atoms with Crippen molar-refractivity contribution in [3.63, 3.8) is 0 Å². The van der Waals surface area contributed by atoms with Crippen molar-refractivity contribution in [1.29, 1.82) is 0 Å². The van der Waals surface area contributed by atoms with E-state index in [4.69, 9.17) is 4.74 Å². The molecular formula is C38H31N3O5S2. The van der Waals surface area contributed by atoms with E-state index in [2.05, 4.69) is 5.32 Å². The molecule has 48 heavy (non-hydrogen) atoms. The first kappa shape index (κ1) is 29.5. The summed E-state index contributed by atoms with van der Waals surface area (Å²) in [6.07, 6.45) is 0.798. The summed E-state index contributed by atoms with van der Waals surface area (Å²) < 4.78 is 7.06. The molecule has 4 aromatic carbocycles. The van der Waals surface area contributed by atoms with Gasteiger partial charge in [0, 0.05) is 21.7 Å². The number of nitrogens with zero attached hydrogens (tertiary/aromatic N) is 2. The Morgan fingerprint density at radius 3 is 2.31 bits per heavy atom. The van der Waals surface area contributed by atoms with Crippen molar-refractivity contribution in [2.45, 2.75) is 29.2 Å². The molecule has 10 heteroatoms. The van der Waals surface area contributed by atoms with Gasteiger partial charge in [0.15, 0.2) is 0 Å². The van der Waals surface area contributed by atoms with Gasteiger partial charge in [-0.3, -0.25) is 28.6 Å². The quantitative estimate of drug-likeness (QED) is 0.210. The molecule has 8 nitrogen and oxygen atoms in total. The molecule has 0 radical (unpaired) electrons. The Labute approximate surface area is 284 Å². The second-order valence-corrected chi connectivity index (χ2v) is 15.3. The normalized spacial score (nSPS) is 26.8. The molecule has 2 aliphatic heterocycles. The number of rotatable bonds is 6. The first-order valence-corrected chi connectivity index (χ1v) is 17.9. The number of ether oxygens (including phenoxy) is 1. The molecule has 9 rings (SSSR count). The minimum absolute atomic E-state index is 0.00441. The van der Waals surface area contributed by atoms with Crippen LogP contribution in [-0.4, -0.2) is 34.6 Å². The highest BCUT2D eigenvalue weighted by atomic mass is 32.2. The minimum Gasteiger partial charge on any atom is -0.497 e. The molecule has 3 heterocycles. The smallest absolute Gasteiger partial charge is 0.308 e. The zero-order chi connectivity index (χ0) is 32.7. The SMILES string of the molecule is COc1ccc(C2c3sc(=O)n(CC(=O)Nc4ccc5ccccc5c4)c3SC3C4CC(C5C(=O)N(c6ccccc6)C(=O)C45)C23)cc1. The van der Waals surface area contributed by atoms with Crippen molar-refractivity contribution >= 4 is 63.0 Å². The monoisotopic (exact) mass is 673 g/mol. The largest absolute Gasteiger partial charge is 0.497 e. The predicted octanol–water partition coefficient (Wildman–Crippen LogP) is 6.39. The Morgan fingerprint density at radius 1 is 0.854 bits per heavy atom. The molecule has 1 saturated heterocycles. The van der Waals surface area contributed by atoms with E-state index in [0.29, 0.717) is 11.4 Å². The lowest BCUT2D eigenvalue weighted by Gasteiger charge is -2.43. The van der Waals surface area contributed by atoms with Crippen molar-refractivity contribution in [3.8, 4) is 5.75 Å². The van der Waals surface area contributed by atoms with Gasteiger partial charge in [-0.25, -0.2) is 0 Å². The number of anilines is 2. The fourth-order valence-corrected chi connectivity index (χ4v) is 12.0. The number of carbonyl (C=O) groups excluding carboxylic acids is 3. The van der Waals surface area contributed by atoms with Gasteiger partial charge >= 0.3 is 4.87 Å². The molecule has 7 unspecified atom stereocenters. The highest BCUT2D eigenvalue weighted by molar-refractivity contribution is 8.00. The number of thiazole rings is 1. The number of carbonyl (C=O) groups is 3. The molecular weight excluding hydrogens is 643 g/mol. The van der Waals surface area contributed by atoms with Crippen molar-refractivity contribution in [2.75, 3.05) is 17.3 Å². The Hall–Kier alpha value is -4.67. The average molecular weight is 674 g/mol. The van der Waals surface area contributed by atoms with Gasteiger partial charge in [-0.15, -0.1) is 11.8 Å². The van der Waals surface area contributed by atoms with E-state index in [1.807, 2.05) is 97.1 Å². The molecule has 2 saturated carbocycles. The number of fused-ring (bicyclic) bond motifs is 10. The summed E-state index contributed by atoms with van der Waals surface area (Å²) in [6.45, 7) is -0.115. The Kier molecular flexibility index (Phi) is 6.88. The summed E-state index contributed by atoms with van der Waals surface area (Å²) in [6, 6.07) is 30.9. The topological polar surface area (TPSA) is 97.7 Å². The van der Waals surface area contributed by atoms with E-state index in [0.717, 1.165) is 38.4 Å². The zero-order valence-electron chi connectivity index (χ0n) is 25.9. The molecule has 1 aromatic heterocycles. The molecule has 1 N–H and O–H groups in total. The maximum atomic E-state index is 14.0. The van der Waals surface area contributed by atoms with Gasteiger partial charge in [0.05, 0.1) is 29.7 Å². The minimum atomic E-state index is -0.385. The number of methoxy groups -OCH3 is 1. The van der Waals surface area contributed by atoms with Crippen molar-refractivity contribution in [3.05, 3.63) is 117 Å². The van der Waals surface area contributed by atoms with Crippen LogP contribution in [0.4, 0.5) is 11.4 Å². The molecule has 3 amide bonds. The van der Waals surface area contributed by atoms with Gasteiger partial charge in [0.25, 0.3) is 0 Å². The molecule has 7 atom stereocenters. The highest BCUT2D eigenvalue weighted by Gasteiger charge is 2.69. The highest BCUT2D eigenvalue weighted by Crippen LogP contribution is 2.69. The van der Waals surface area contributed by atoms with E-state index in [1.54, 1.807) is 23.4 Å². The number of benzene rings is 4. The molecule has 0 spiro atoms. The van der Waals surface area contributed by atoms with Crippen LogP contribution in [0.2, 0.25) is 0 Å². The van der Waals surface area contributed by atoms with E-state index in [1.165, 1.54) is 16.2 Å². The summed E-state index contributed by atoms with van der Waals surface area (Å²) in [7, 11) is 1.63. The molecule has 240 valence electrons. The standard InChI is InChI=1S/C38H31N3O5S2/c1-46-25-15-12-21(13-16-25)29-30-26-18-27(32-31(26)35(43)41(36(32)44)24-9-3-2-4-10-24)33(30)47-37-34(29)48-38(45)40(37)19-28(42)39-23-14-11-20-7-5-6-8-22(20)17-23/h2-17,26-27,29-33H,18-19H2,1H3,(H,39,42). The second-order valence-electron chi connectivity index (χ2n) is 13.1. The summed E-state index contributed by atoms with van der Waals surface area (Å²) in [4.78, 5) is 57.3. The number of thioether (sulfide) groups is 1. The van der Waals surface area contributed by atoms with Gasteiger partial charge in [0.1, 0.15) is 12.3 Å². The number of amides is 3. The Balaban J connectivity index is 1.08. The van der Waals surface area contributed by atoms with Crippen LogP contribution in [0.25, 0.3) is 10.8 Å². The summed E-state index contributed by atoms with van der Waals surface area (Å²) >= 11 is 2.82. The number of imide groups is 1. The Bertz CT molecular complexity index is 2180. The van der Waals surface area contributed by atoms with Crippen molar-refractivity contribution in [1.82, 2.24) is 4.57 Å². The van der Waals surface area contributed by atoms with Crippen LogP contribution in [0, 0.1) is 29.6 Å². The number of nitrogens with one attached hydrogen (secondary N) is 1. The molecule has 2 bridgehead atoms. The third kappa shape index (κ3) is 4.42. The first-order valence-electron chi connectivity index (χ1n) is 16.2. The Morgan fingerprint density at radius 2 is 1.56 bits per heavy atom. The molecule has 3 fully saturated rings. The van der Waals surface area contributed by atoms with Gasteiger partial charge in [-0.05, 0) is 76.9 Å². The van der Waals surface area contributed by atoms with Crippen LogP contribution in [0.15, 0.2) is 107 Å². The van der Waals surface area contributed by atoms with E-state index >= 15 is 0 Å². The summed E-state index contributed by atoms with van der Waals surface area (Å²) in [5.74, 6) is -0.622. The fourth-order valence-electron chi connectivity index (χ4n) is 8.88. The second kappa shape index (κ2) is 11.2. The average Bonchev–Trinajstić information content (AvgIpc) is 3.83. The lowest BCUT2D eigenvalue weighted by atomic mass is 9.68. The molecule has 2 aliphatic carbocycles. The number of hydrogen-bond acceptors (Lipinski definition) is 7. The predicted molar refractivity (Wildman–Crippen MR) is 187 cm³/mol. The van der Waals surface area contributed by atoms with Crippen LogP contribution in [0.1, 0.15) is 22.8 Å². The third-order valence-corrected chi connectivity index (χ3v) is 13.6. The first-order chi connectivity index (χ1) is 23.4. The van der Waals surface area contributed by atoms with Crippen LogP contribution in [-0.2, 0) is 20.9 Å². The molecule has 4 aliphatic rings. The van der Waals surface area contributed by atoms with Crippen LogP contribution in [0.3, 0.4) is 0 Å². The zero-order valence-corrected chi connectivity index (χ0v) is 27.6. The van der Waals surface area contributed by atoms with E-state index < -0.39 is 0 Å². The maximum absolute atomic E-state index is 14.0.